The van der Waals surface area contributed by atoms with Gasteiger partial charge in [0.25, 0.3) is 0 Å². The Morgan fingerprint density at radius 1 is 1.25 bits per heavy atom. The lowest BCUT2D eigenvalue weighted by molar-refractivity contribution is -0.144. The first-order chi connectivity index (χ1) is 11.5. The van der Waals surface area contributed by atoms with E-state index in [1.807, 2.05) is 6.07 Å². The molecule has 0 heterocycles. The van der Waals surface area contributed by atoms with Crippen molar-refractivity contribution in [3.8, 4) is 5.75 Å². The van der Waals surface area contributed by atoms with Crippen molar-refractivity contribution in [3.63, 3.8) is 0 Å². The number of carbonyl (C=O) groups excluding carboxylic acids is 1. The molecule has 0 fully saturated rings. The highest BCUT2D eigenvalue weighted by Crippen LogP contribution is 2.24. The Kier molecular flexibility index (Phi) is 6.58. The molecular formula is C18H19ClFNO3. The predicted molar refractivity (Wildman–Crippen MR) is 90.5 cm³/mol. The first-order valence-corrected chi connectivity index (χ1v) is 7.96. The maximum atomic E-state index is 13.8. The number of benzene rings is 2. The van der Waals surface area contributed by atoms with E-state index in [4.69, 9.17) is 26.8 Å². The van der Waals surface area contributed by atoms with Gasteiger partial charge in [-0.15, -0.1) is 0 Å². The van der Waals surface area contributed by atoms with Gasteiger partial charge in [0.1, 0.15) is 24.2 Å². The lowest BCUT2D eigenvalue weighted by Gasteiger charge is -2.15. The molecule has 0 aliphatic carbocycles. The summed E-state index contributed by atoms with van der Waals surface area (Å²) in [4.78, 5) is 11.7. The molecule has 6 heteroatoms. The van der Waals surface area contributed by atoms with Crippen molar-refractivity contribution >= 4 is 17.6 Å². The Balaban J connectivity index is 2.10. The standard InChI is InChI=1S/C18H19ClFNO3/c1-2-23-18(22)16(21)10-12-6-3-4-9-17(12)24-11-13-14(19)7-5-8-15(13)20/h3-9,16H,2,10-11,21H2,1H3. The van der Waals surface area contributed by atoms with Crippen molar-refractivity contribution in [2.45, 2.75) is 26.0 Å². The Hall–Kier alpha value is -2.11. The fraction of sp³-hybridized carbons (Fsp3) is 0.278. The van der Waals surface area contributed by atoms with Crippen molar-refractivity contribution in [2.24, 2.45) is 5.73 Å². The highest BCUT2D eigenvalue weighted by atomic mass is 35.5. The van der Waals surface area contributed by atoms with Crippen LogP contribution in [0.4, 0.5) is 4.39 Å². The van der Waals surface area contributed by atoms with Crippen molar-refractivity contribution in [1.29, 1.82) is 0 Å². The van der Waals surface area contributed by atoms with Crippen LogP contribution in [0.5, 0.6) is 5.75 Å². The van der Waals surface area contributed by atoms with Crippen molar-refractivity contribution in [2.75, 3.05) is 6.61 Å². The normalized spacial score (nSPS) is 11.8. The van der Waals surface area contributed by atoms with Gasteiger partial charge in [0.2, 0.25) is 0 Å². The Morgan fingerprint density at radius 3 is 2.71 bits per heavy atom. The van der Waals surface area contributed by atoms with Crippen LogP contribution in [0.25, 0.3) is 0 Å². The predicted octanol–water partition coefficient (Wildman–Crippen LogP) is 3.49. The highest BCUT2D eigenvalue weighted by molar-refractivity contribution is 6.31. The Bertz CT molecular complexity index is 688. The molecule has 0 saturated carbocycles. The molecule has 0 spiro atoms. The zero-order valence-corrected chi connectivity index (χ0v) is 14.1. The first-order valence-electron chi connectivity index (χ1n) is 7.58. The third-order valence-corrected chi connectivity index (χ3v) is 3.79. The van der Waals surface area contributed by atoms with E-state index in [0.29, 0.717) is 10.8 Å². The second-order valence-electron chi connectivity index (χ2n) is 5.16. The lowest BCUT2D eigenvalue weighted by atomic mass is 10.1. The molecular weight excluding hydrogens is 333 g/mol. The van der Waals surface area contributed by atoms with E-state index in [2.05, 4.69) is 0 Å². The topological polar surface area (TPSA) is 61.5 Å². The minimum Gasteiger partial charge on any atom is -0.488 e. The molecule has 2 N–H and O–H groups in total. The minimum absolute atomic E-state index is 0.0167. The van der Waals surface area contributed by atoms with Gasteiger partial charge in [-0.25, -0.2) is 4.39 Å². The molecule has 0 aromatic heterocycles. The average molecular weight is 352 g/mol. The van der Waals surface area contributed by atoms with Gasteiger partial charge in [-0.05, 0) is 30.7 Å². The summed E-state index contributed by atoms with van der Waals surface area (Å²) in [5, 5.41) is 0.302. The van der Waals surface area contributed by atoms with E-state index < -0.39 is 17.8 Å². The van der Waals surface area contributed by atoms with Gasteiger partial charge >= 0.3 is 5.97 Å². The maximum Gasteiger partial charge on any atom is 0.323 e. The van der Waals surface area contributed by atoms with Gasteiger partial charge < -0.3 is 15.2 Å². The lowest BCUT2D eigenvalue weighted by Crippen LogP contribution is -2.34. The van der Waals surface area contributed by atoms with Gasteiger partial charge in [-0.1, -0.05) is 35.9 Å². The molecule has 0 bridgehead atoms. The van der Waals surface area contributed by atoms with Crippen LogP contribution in [0, 0.1) is 5.82 Å². The molecule has 0 aliphatic rings. The second kappa shape index (κ2) is 8.66. The zero-order chi connectivity index (χ0) is 17.5. The van der Waals surface area contributed by atoms with Crippen LogP contribution in [0.2, 0.25) is 5.02 Å². The molecule has 2 aromatic rings. The second-order valence-corrected chi connectivity index (χ2v) is 5.57. The van der Waals surface area contributed by atoms with Crippen LogP contribution in [0.1, 0.15) is 18.1 Å². The molecule has 128 valence electrons. The summed E-state index contributed by atoms with van der Waals surface area (Å²) in [5.41, 5.74) is 6.87. The first kappa shape index (κ1) is 18.2. The number of nitrogens with two attached hydrogens (primary N) is 1. The van der Waals surface area contributed by atoms with Crippen LogP contribution in [-0.2, 0) is 22.6 Å². The van der Waals surface area contributed by atoms with E-state index in [-0.39, 0.29) is 25.2 Å². The third kappa shape index (κ3) is 4.69. The number of halogens is 2. The molecule has 0 saturated heterocycles. The van der Waals surface area contributed by atoms with Crippen LogP contribution in [0.3, 0.4) is 0 Å². The van der Waals surface area contributed by atoms with Crippen molar-refractivity contribution < 1.29 is 18.7 Å². The maximum absolute atomic E-state index is 13.8. The number of esters is 1. The van der Waals surface area contributed by atoms with Crippen LogP contribution in [0.15, 0.2) is 42.5 Å². The number of hydrogen-bond donors (Lipinski definition) is 1. The summed E-state index contributed by atoms with van der Waals surface area (Å²) < 4.78 is 24.4. The van der Waals surface area contributed by atoms with Crippen LogP contribution >= 0.6 is 11.6 Å². The molecule has 2 aromatic carbocycles. The Morgan fingerprint density at radius 2 is 2.00 bits per heavy atom. The molecule has 2 rings (SSSR count). The smallest absolute Gasteiger partial charge is 0.323 e. The summed E-state index contributed by atoms with van der Waals surface area (Å²) in [6.45, 7) is 1.98. The zero-order valence-electron chi connectivity index (χ0n) is 13.3. The molecule has 4 nitrogen and oxygen atoms in total. The quantitative estimate of drug-likeness (QED) is 0.776. The monoisotopic (exact) mass is 351 g/mol. The van der Waals surface area contributed by atoms with Crippen LogP contribution in [-0.4, -0.2) is 18.6 Å². The molecule has 1 unspecified atom stereocenters. The van der Waals surface area contributed by atoms with Gasteiger partial charge in [-0.3, -0.25) is 4.79 Å². The number of rotatable bonds is 7. The SMILES string of the molecule is CCOC(=O)C(N)Cc1ccccc1OCc1c(F)cccc1Cl. The summed E-state index contributed by atoms with van der Waals surface area (Å²) in [5.74, 6) is -0.371. The summed E-state index contributed by atoms with van der Waals surface area (Å²) in [6, 6.07) is 10.8. The molecule has 0 amide bonds. The van der Waals surface area contributed by atoms with E-state index in [9.17, 15) is 9.18 Å². The minimum atomic E-state index is -0.785. The fourth-order valence-electron chi connectivity index (χ4n) is 2.20. The molecule has 0 radical (unpaired) electrons. The highest BCUT2D eigenvalue weighted by Gasteiger charge is 2.17. The van der Waals surface area contributed by atoms with Gasteiger partial charge in [-0.2, -0.15) is 0 Å². The van der Waals surface area contributed by atoms with E-state index in [1.54, 1.807) is 31.2 Å². The van der Waals surface area contributed by atoms with Crippen LogP contribution < -0.4 is 10.5 Å². The summed E-state index contributed by atoms with van der Waals surface area (Å²) in [6.07, 6.45) is 0.264. The number of para-hydroxylation sites is 1. The fourth-order valence-corrected chi connectivity index (χ4v) is 2.42. The number of hydrogen-bond acceptors (Lipinski definition) is 4. The van der Waals surface area contributed by atoms with Crippen molar-refractivity contribution in [3.05, 3.63) is 64.4 Å². The molecule has 0 aliphatic heterocycles. The Labute approximate surface area is 145 Å². The van der Waals surface area contributed by atoms with E-state index in [0.717, 1.165) is 5.56 Å². The third-order valence-electron chi connectivity index (χ3n) is 3.44. The van der Waals surface area contributed by atoms with Gasteiger partial charge in [0, 0.05) is 12.0 Å². The summed E-state index contributed by atoms with van der Waals surface area (Å²) >= 11 is 5.99. The molecule has 24 heavy (non-hydrogen) atoms. The molecule has 1 atom stereocenters. The van der Waals surface area contributed by atoms with E-state index in [1.165, 1.54) is 12.1 Å². The number of ether oxygens (including phenoxy) is 2. The summed E-state index contributed by atoms with van der Waals surface area (Å²) in [7, 11) is 0. The van der Waals surface area contributed by atoms with Gasteiger partial charge in [0.15, 0.2) is 0 Å². The van der Waals surface area contributed by atoms with E-state index >= 15 is 0 Å². The van der Waals surface area contributed by atoms with Crippen molar-refractivity contribution in [1.82, 2.24) is 0 Å². The number of carbonyl (C=O) groups is 1. The largest absolute Gasteiger partial charge is 0.488 e. The van der Waals surface area contributed by atoms with Gasteiger partial charge in [0.05, 0.1) is 11.6 Å². The average Bonchev–Trinajstić information content (AvgIpc) is 2.56.